The number of nitro benzene ring substituents is 1. The summed E-state index contributed by atoms with van der Waals surface area (Å²) in [7, 11) is 0. The molecule has 0 unspecified atom stereocenters. The standard InChI is InChI=1S/C13H7BrF3NO3/c14-9-4-5-12(11(7-9)18(19)20)21-10-3-1-2-8(6-10)13(15,16)17/h1-7H. The average molecular weight is 362 g/mol. The fourth-order valence-corrected chi connectivity index (χ4v) is 1.93. The largest absolute Gasteiger partial charge is 0.450 e. The molecule has 0 aliphatic carbocycles. The maximum absolute atomic E-state index is 12.6. The van der Waals surface area contributed by atoms with Crippen LogP contribution in [-0.4, -0.2) is 4.92 Å². The molecule has 0 bridgehead atoms. The van der Waals surface area contributed by atoms with E-state index in [1.54, 1.807) is 0 Å². The molecule has 8 heteroatoms. The SMILES string of the molecule is O=[N+]([O-])c1cc(Br)ccc1Oc1cccc(C(F)(F)F)c1. The Labute approximate surface area is 125 Å². The molecule has 110 valence electrons. The fraction of sp³-hybridized carbons (Fsp3) is 0.0769. The Hall–Kier alpha value is -2.09. The van der Waals surface area contributed by atoms with Crippen LogP contribution in [0.25, 0.3) is 0 Å². The fourth-order valence-electron chi connectivity index (χ4n) is 1.58. The minimum Gasteiger partial charge on any atom is -0.450 e. The van der Waals surface area contributed by atoms with Gasteiger partial charge >= 0.3 is 11.9 Å². The highest BCUT2D eigenvalue weighted by Gasteiger charge is 2.30. The second-order valence-electron chi connectivity index (χ2n) is 4.00. The van der Waals surface area contributed by atoms with Gasteiger partial charge in [-0.15, -0.1) is 0 Å². The van der Waals surface area contributed by atoms with Crippen molar-refractivity contribution in [1.29, 1.82) is 0 Å². The molecular weight excluding hydrogens is 355 g/mol. The minimum atomic E-state index is -4.51. The quantitative estimate of drug-likeness (QED) is 0.559. The number of alkyl halides is 3. The second kappa shape index (κ2) is 5.72. The van der Waals surface area contributed by atoms with Crippen LogP contribution in [0.3, 0.4) is 0 Å². The van der Waals surface area contributed by atoms with Crippen molar-refractivity contribution in [3.8, 4) is 11.5 Å². The van der Waals surface area contributed by atoms with Crippen LogP contribution in [0.15, 0.2) is 46.9 Å². The third kappa shape index (κ3) is 3.72. The molecule has 0 atom stereocenters. The Balaban J connectivity index is 2.37. The molecule has 2 aromatic rings. The van der Waals surface area contributed by atoms with Gasteiger partial charge in [0.15, 0.2) is 0 Å². The summed E-state index contributed by atoms with van der Waals surface area (Å²) in [6.07, 6.45) is -4.51. The first kappa shape index (κ1) is 15.3. The number of rotatable bonds is 3. The summed E-state index contributed by atoms with van der Waals surface area (Å²) in [6, 6.07) is 8.15. The maximum atomic E-state index is 12.6. The van der Waals surface area contributed by atoms with E-state index < -0.39 is 16.7 Å². The molecule has 0 amide bonds. The van der Waals surface area contributed by atoms with Crippen molar-refractivity contribution in [3.63, 3.8) is 0 Å². The lowest BCUT2D eigenvalue weighted by molar-refractivity contribution is -0.385. The topological polar surface area (TPSA) is 52.4 Å². The van der Waals surface area contributed by atoms with Gasteiger partial charge in [0.25, 0.3) is 0 Å². The van der Waals surface area contributed by atoms with Crippen LogP contribution in [0.2, 0.25) is 0 Å². The molecule has 0 heterocycles. The number of hydrogen-bond acceptors (Lipinski definition) is 3. The molecule has 0 fully saturated rings. The van der Waals surface area contributed by atoms with Crippen LogP contribution in [0.5, 0.6) is 11.5 Å². The number of hydrogen-bond donors (Lipinski definition) is 0. The number of halogens is 4. The Morgan fingerprint density at radius 2 is 1.86 bits per heavy atom. The Morgan fingerprint density at radius 1 is 1.14 bits per heavy atom. The number of benzene rings is 2. The zero-order chi connectivity index (χ0) is 15.6. The van der Waals surface area contributed by atoms with E-state index in [0.29, 0.717) is 4.47 Å². The average Bonchev–Trinajstić information content (AvgIpc) is 2.40. The Morgan fingerprint density at radius 3 is 2.48 bits per heavy atom. The van der Waals surface area contributed by atoms with Gasteiger partial charge in [0.2, 0.25) is 5.75 Å². The highest BCUT2D eigenvalue weighted by molar-refractivity contribution is 9.10. The normalized spacial score (nSPS) is 11.2. The predicted octanol–water partition coefficient (Wildman–Crippen LogP) is 5.17. The van der Waals surface area contributed by atoms with Crippen molar-refractivity contribution >= 4 is 21.6 Å². The lowest BCUT2D eigenvalue weighted by Gasteiger charge is -2.10. The van der Waals surface area contributed by atoms with E-state index in [9.17, 15) is 23.3 Å². The van der Waals surface area contributed by atoms with Gasteiger partial charge in [-0.3, -0.25) is 10.1 Å². The summed E-state index contributed by atoms with van der Waals surface area (Å²) < 4.78 is 43.5. The number of nitrogens with zero attached hydrogens (tertiary/aromatic N) is 1. The van der Waals surface area contributed by atoms with Gasteiger partial charge in [0.05, 0.1) is 10.5 Å². The van der Waals surface area contributed by atoms with Gasteiger partial charge in [-0.25, -0.2) is 0 Å². The van der Waals surface area contributed by atoms with Gasteiger partial charge in [-0.05, 0) is 30.3 Å². The molecule has 2 rings (SSSR count). The minimum absolute atomic E-state index is 0.129. The van der Waals surface area contributed by atoms with Crippen molar-refractivity contribution in [2.24, 2.45) is 0 Å². The molecule has 0 radical (unpaired) electrons. The van der Waals surface area contributed by atoms with Crippen molar-refractivity contribution in [2.75, 3.05) is 0 Å². The Kier molecular flexibility index (Phi) is 4.17. The van der Waals surface area contributed by atoms with E-state index in [1.165, 1.54) is 30.3 Å². The molecule has 0 saturated carbocycles. The highest BCUT2D eigenvalue weighted by Crippen LogP contribution is 2.36. The molecule has 0 saturated heterocycles. The predicted molar refractivity (Wildman–Crippen MR) is 72.3 cm³/mol. The van der Waals surface area contributed by atoms with Gasteiger partial charge < -0.3 is 4.74 Å². The van der Waals surface area contributed by atoms with Crippen molar-refractivity contribution < 1.29 is 22.8 Å². The van der Waals surface area contributed by atoms with Gasteiger partial charge in [0.1, 0.15) is 5.75 Å². The van der Waals surface area contributed by atoms with E-state index in [0.717, 1.165) is 12.1 Å². The summed E-state index contributed by atoms with van der Waals surface area (Å²) in [5, 5.41) is 10.9. The first-order valence-corrected chi connectivity index (χ1v) is 6.36. The van der Waals surface area contributed by atoms with Gasteiger partial charge in [0, 0.05) is 10.5 Å². The maximum Gasteiger partial charge on any atom is 0.416 e. The van der Waals surface area contributed by atoms with Crippen molar-refractivity contribution in [2.45, 2.75) is 6.18 Å². The van der Waals surface area contributed by atoms with Gasteiger partial charge in [-0.2, -0.15) is 13.2 Å². The summed E-state index contributed by atoms with van der Waals surface area (Å²) in [4.78, 5) is 10.2. The number of nitro groups is 1. The second-order valence-corrected chi connectivity index (χ2v) is 4.91. The molecule has 0 spiro atoms. The van der Waals surface area contributed by atoms with Crippen LogP contribution < -0.4 is 4.74 Å². The lowest BCUT2D eigenvalue weighted by atomic mass is 10.2. The van der Waals surface area contributed by atoms with Crippen molar-refractivity contribution in [1.82, 2.24) is 0 Å². The van der Waals surface area contributed by atoms with Crippen LogP contribution in [0.1, 0.15) is 5.56 Å². The van der Waals surface area contributed by atoms with Crippen LogP contribution in [-0.2, 0) is 6.18 Å². The Bertz CT molecular complexity index is 689. The third-order valence-electron chi connectivity index (χ3n) is 2.51. The molecule has 0 aliphatic heterocycles. The summed E-state index contributed by atoms with van der Waals surface area (Å²) >= 11 is 3.08. The first-order valence-electron chi connectivity index (χ1n) is 5.56. The zero-order valence-electron chi connectivity index (χ0n) is 10.2. The summed E-state index contributed by atoms with van der Waals surface area (Å²) in [5.41, 5.74) is -1.23. The molecule has 0 N–H and O–H groups in total. The molecule has 0 aromatic heterocycles. The summed E-state index contributed by atoms with van der Waals surface area (Å²) in [6.45, 7) is 0. The first-order chi connectivity index (χ1) is 9.77. The van der Waals surface area contributed by atoms with Crippen LogP contribution >= 0.6 is 15.9 Å². The van der Waals surface area contributed by atoms with Crippen LogP contribution in [0, 0.1) is 10.1 Å². The molecule has 21 heavy (non-hydrogen) atoms. The van der Waals surface area contributed by atoms with E-state index in [2.05, 4.69) is 15.9 Å². The number of ether oxygens (including phenoxy) is 1. The van der Waals surface area contributed by atoms with E-state index in [1.807, 2.05) is 0 Å². The van der Waals surface area contributed by atoms with E-state index in [-0.39, 0.29) is 17.2 Å². The molecule has 2 aromatic carbocycles. The highest BCUT2D eigenvalue weighted by atomic mass is 79.9. The lowest BCUT2D eigenvalue weighted by Crippen LogP contribution is -2.04. The zero-order valence-corrected chi connectivity index (χ0v) is 11.8. The smallest absolute Gasteiger partial charge is 0.416 e. The molecule has 4 nitrogen and oxygen atoms in total. The van der Waals surface area contributed by atoms with E-state index >= 15 is 0 Å². The monoisotopic (exact) mass is 361 g/mol. The van der Waals surface area contributed by atoms with Gasteiger partial charge in [-0.1, -0.05) is 22.0 Å². The van der Waals surface area contributed by atoms with Crippen LogP contribution in [0.4, 0.5) is 18.9 Å². The molecular formula is C13H7BrF3NO3. The van der Waals surface area contributed by atoms with Crippen molar-refractivity contribution in [3.05, 3.63) is 62.6 Å². The third-order valence-corrected chi connectivity index (χ3v) is 3.00. The van der Waals surface area contributed by atoms with E-state index in [4.69, 9.17) is 4.74 Å². The molecule has 0 aliphatic rings. The summed E-state index contributed by atoms with van der Waals surface area (Å²) in [5.74, 6) is -0.266.